The minimum atomic E-state index is 0.0614. The van der Waals surface area contributed by atoms with Crippen molar-refractivity contribution in [2.75, 3.05) is 0 Å². The molecule has 6 rings (SSSR count). The molecule has 35 heavy (non-hydrogen) atoms. The first-order valence-corrected chi connectivity index (χ1v) is 12.6. The molecular formula is C32H33N2O+. The Bertz CT molecular complexity index is 1770. The van der Waals surface area contributed by atoms with Crippen LogP contribution in [0.2, 0.25) is 0 Å². The maximum Gasteiger partial charge on any atom is 0.287 e. The highest BCUT2D eigenvalue weighted by Gasteiger charge is 2.30. The van der Waals surface area contributed by atoms with E-state index in [9.17, 15) is 0 Å². The van der Waals surface area contributed by atoms with Gasteiger partial charge in [-0.15, -0.1) is 0 Å². The molecule has 3 nitrogen and oxygen atoms in total. The number of hydrogen-bond acceptors (Lipinski definition) is 1. The molecule has 0 spiro atoms. The van der Waals surface area contributed by atoms with E-state index in [0.29, 0.717) is 5.92 Å². The quantitative estimate of drug-likeness (QED) is 0.238. The van der Waals surface area contributed by atoms with Gasteiger partial charge in [0, 0.05) is 27.8 Å². The van der Waals surface area contributed by atoms with Crippen LogP contribution in [0.15, 0.2) is 71.3 Å². The Labute approximate surface area is 206 Å². The standard InChI is InChI=1S/C32H33N2O/c1-19(2)27-20(3)30-29(31-28(27)23-13-9-11-15-25(23)35-31)22-12-8-10-14-24(22)34(30)26-18-21(32(4,5)6)16-17-33(26)7/h8-19H,1-7H3/q+1. The number of pyridine rings is 1. The van der Waals surface area contributed by atoms with Gasteiger partial charge in [-0.2, -0.15) is 4.57 Å². The smallest absolute Gasteiger partial charge is 0.287 e. The highest BCUT2D eigenvalue weighted by molar-refractivity contribution is 6.25. The van der Waals surface area contributed by atoms with E-state index in [4.69, 9.17) is 4.42 Å². The molecule has 3 aromatic heterocycles. The summed E-state index contributed by atoms with van der Waals surface area (Å²) in [5, 5.41) is 4.89. The van der Waals surface area contributed by atoms with Gasteiger partial charge in [0.1, 0.15) is 22.2 Å². The SMILES string of the molecule is Cc1c(C(C)C)c2c3ccccc3oc2c2c3ccccc3n(-c3cc(C(C)(C)C)cc[n+]3C)c12. The van der Waals surface area contributed by atoms with Gasteiger partial charge in [-0.25, -0.2) is 4.57 Å². The second kappa shape index (κ2) is 7.45. The lowest BCUT2D eigenvalue weighted by molar-refractivity contribution is -0.665. The summed E-state index contributed by atoms with van der Waals surface area (Å²) in [6.45, 7) is 13.7. The van der Waals surface area contributed by atoms with Gasteiger partial charge in [-0.3, -0.25) is 0 Å². The van der Waals surface area contributed by atoms with E-state index in [0.717, 1.165) is 17.0 Å². The van der Waals surface area contributed by atoms with Crippen molar-refractivity contribution in [3.05, 3.63) is 83.6 Å². The van der Waals surface area contributed by atoms with Gasteiger partial charge in [0.05, 0.1) is 18.6 Å². The number of hydrogen-bond donors (Lipinski definition) is 0. The number of rotatable bonds is 2. The third-order valence-corrected chi connectivity index (χ3v) is 7.52. The van der Waals surface area contributed by atoms with Crippen molar-refractivity contribution in [2.24, 2.45) is 7.05 Å². The zero-order valence-electron chi connectivity index (χ0n) is 21.7. The lowest BCUT2D eigenvalue weighted by Gasteiger charge is -2.19. The summed E-state index contributed by atoms with van der Waals surface area (Å²) < 4.78 is 11.3. The van der Waals surface area contributed by atoms with Gasteiger partial charge in [0.2, 0.25) is 0 Å². The lowest BCUT2D eigenvalue weighted by Crippen LogP contribution is -2.34. The van der Waals surface area contributed by atoms with E-state index >= 15 is 0 Å². The second-order valence-electron chi connectivity index (χ2n) is 11.2. The molecule has 0 radical (unpaired) electrons. The largest absolute Gasteiger partial charge is 0.455 e. The normalized spacial score (nSPS) is 12.7. The van der Waals surface area contributed by atoms with Crippen molar-refractivity contribution < 1.29 is 8.98 Å². The van der Waals surface area contributed by atoms with Crippen molar-refractivity contribution in [1.29, 1.82) is 0 Å². The maximum atomic E-state index is 6.66. The van der Waals surface area contributed by atoms with Gasteiger partial charge >= 0.3 is 0 Å². The van der Waals surface area contributed by atoms with Crippen LogP contribution in [0.4, 0.5) is 0 Å². The van der Waals surface area contributed by atoms with Crippen LogP contribution in [0.1, 0.15) is 57.2 Å². The topological polar surface area (TPSA) is 21.9 Å². The fourth-order valence-electron chi connectivity index (χ4n) is 5.83. The first kappa shape index (κ1) is 21.9. The van der Waals surface area contributed by atoms with E-state index in [-0.39, 0.29) is 5.41 Å². The average Bonchev–Trinajstić information content (AvgIpc) is 3.35. The Morgan fingerprint density at radius 2 is 1.57 bits per heavy atom. The van der Waals surface area contributed by atoms with Crippen LogP contribution in [0.25, 0.3) is 49.6 Å². The van der Waals surface area contributed by atoms with Crippen LogP contribution in [0, 0.1) is 6.92 Å². The summed E-state index contributed by atoms with van der Waals surface area (Å²) >= 11 is 0. The Kier molecular flexibility index (Phi) is 4.67. The number of furan rings is 1. The Hall–Kier alpha value is -3.59. The molecule has 0 atom stereocenters. The molecule has 0 aliphatic rings. The predicted octanol–water partition coefficient (Wildman–Crippen LogP) is 8.24. The number of aryl methyl sites for hydroxylation is 2. The first-order chi connectivity index (χ1) is 16.7. The molecule has 3 aromatic carbocycles. The Morgan fingerprint density at radius 3 is 2.29 bits per heavy atom. The van der Waals surface area contributed by atoms with E-state index < -0.39 is 0 Å². The molecule has 6 aromatic rings. The summed E-state index contributed by atoms with van der Waals surface area (Å²) in [5.41, 5.74) is 8.48. The van der Waals surface area contributed by atoms with Crippen LogP contribution in [-0.2, 0) is 12.5 Å². The van der Waals surface area contributed by atoms with E-state index in [2.05, 4.69) is 125 Å². The van der Waals surface area contributed by atoms with Crippen LogP contribution >= 0.6 is 0 Å². The highest BCUT2D eigenvalue weighted by atomic mass is 16.3. The zero-order chi connectivity index (χ0) is 24.6. The number of fused-ring (bicyclic) bond motifs is 7. The molecular weight excluding hydrogens is 428 g/mol. The number of nitrogens with zero attached hydrogens (tertiary/aromatic N) is 2. The summed E-state index contributed by atoms with van der Waals surface area (Å²) in [5.74, 6) is 1.53. The van der Waals surface area contributed by atoms with Crippen molar-refractivity contribution in [3.63, 3.8) is 0 Å². The molecule has 0 N–H and O–H groups in total. The molecule has 176 valence electrons. The highest BCUT2D eigenvalue weighted by Crippen LogP contribution is 2.46. The molecule has 3 heterocycles. The molecule has 0 saturated heterocycles. The van der Waals surface area contributed by atoms with Crippen molar-refractivity contribution in [1.82, 2.24) is 4.57 Å². The van der Waals surface area contributed by atoms with Crippen molar-refractivity contribution in [2.45, 2.75) is 52.9 Å². The van der Waals surface area contributed by atoms with Crippen LogP contribution in [-0.4, -0.2) is 4.57 Å². The summed E-state index contributed by atoms with van der Waals surface area (Å²) in [6, 6.07) is 21.8. The molecule has 3 heteroatoms. The fraction of sp³-hybridized carbons (Fsp3) is 0.281. The zero-order valence-corrected chi connectivity index (χ0v) is 21.7. The minimum Gasteiger partial charge on any atom is -0.455 e. The van der Waals surface area contributed by atoms with Gasteiger partial charge in [0.25, 0.3) is 5.82 Å². The summed E-state index contributed by atoms with van der Waals surface area (Å²) in [4.78, 5) is 0. The summed E-state index contributed by atoms with van der Waals surface area (Å²) in [7, 11) is 2.14. The van der Waals surface area contributed by atoms with Gasteiger partial charge < -0.3 is 4.42 Å². The number of benzene rings is 3. The Morgan fingerprint density at radius 1 is 0.886 bits per heavy atom. The predicted molar refractivity (Wildman–Crippen MR) is 147 cm³/mol. The number of para-hydroxylation sites is 2. The molecule has 0 fully saturated rings. The fourth-order valence-corrected chi connectivity index (χ4v) is 5.83. The average molecular weight is 462 g/mol. The molecule has 0 aliphatic heterocycles. The van der Waals surface area contributed by atoms with Crippen molar-refractivity contribution in [3.8, 4) is 5.82 Å². The lowest BCUT2D eigenvalue weighted by atomic mass is 9.87. The molecule has 0 aliphatic carbocycles. The third kappa shape index (κ3) is 3.07. The molecule has 0 bridgehead atoms. The molecule has 0 saturated carbocycles. The third-order valence-electron chi connectivity index (χ3n) is 7.52. The first-order valence-electron chi connectivity index (χ1n) is 12.6. The molecule has 0 unspecified atom stereocenters. The monoisotopic (exact) mass is 461 g/mol. The van der Waals surface area contributed by atoms with Crippen LogP contribution < -0.4 is 4.57 Å². The van der Waals surface area contributed by atoms with Gasteiger partial charge in [-0.05, 0) is 53.6 Å². The maximum absolute atomic E-state index is 6.66. The van der Waals surface area contributed by atoms with Crippen LogP contribution in [0.5, 0.6) is 0 Å². The van der Waals surface area contributed by atoms with E-state index in [1.54, 1.807) is 0 Å². The Balaban J connectivity index is 1.90. The van der Waals surface area contributed by atoms with Crippen molar-refractivity contribution >= 4 is 43.7 Å². The van der Waals surface area contributed by atoms with Crippen LogP contribution in [0.3, 0.4) is 0 Å². The van der Waals surface area contributed by atoms with Gasteiger partial charge in [-0.1, -0.05) is 65.0 Å². The second-order valence-corrected chi connectivity index (χ2v) is 11.2. The number of aromatic nitrogens is 2. The van der Waals surface area contributed by atoms with E-state index in [1.165, 1.54) is 49.3 Å². The summed E-state index contributed by atoms with van der Waals surface area (Å²) in [6.07, 6.45) is 2.19. The molecule has 0 amide bonds. The van der Waals surface area contributed by atoms with E-state index in [1.807, 2.05) is 0 Å². The van der Waals surface area contributed by atoms with Gasteiger partial charge in [0.15, 0.2) is 0 Å². The minimum absolute atomic E-state index is 0.0614.